The van der Waals surface area contributed by atoms with Crippen LogP contribution in [0.4, 0.5) is 26.3 Å². The molecular formula is C13H13F6NO. The monoisotopic (exact) mass is 313 g/mol. The predicted octanol–water partition coefficient (Wildman–Crippen LogP) is 3.51. The zero-order valence-electron chi connectivity index (χ0n) is 10.7. The van der Waals surface area contributed by atoms with Crippen LogP contribution in [-0.2, 0) is 12.4 Å². The van der Waals surface area contributed by atoms with E-state index in [0.29, 0.717) is 12.1 Å². The number of benzene rings is 1. The van der Waals surface area contributed by atoms with Gasteiger partial charge in [-0.05, 0) is 36.6 Å². The third-order valence-corrected chi connectivity index (χ3v) is 3.17. The van der Waals surface area contributed by atoms with Crippen LogP contribution in [0.3, 0.4) is 0 Å². The van der Waals surface area contributed by atoms with Crippen LogP contribution in [0.2, 0.25) is 0 Å². The lowest BCUT2D eigenvalue weighted by Gasteiger charge is -2.17. The fourth-order valence-electron chi connectivity index (χ4n) is 1.85. The molecule has 2 N–H and O–H groups in total. The molecule has 1 atom stereocenters. The number of aliphatic hydroxyl groups is 1. The van der Waals surface area contributed by atoms with E-state index in [0.717, 1.165) is 12.8 Å². The van der Waals surface area contributed by atoms with Gasteiger partial charge in [-0.25, -0.2) is 0 Å². The molecule has 0 heterocycles. The van der Waals surface area contributed by atoms with E-state index < -0.39 is 35.1 Å². The first-order valence-corrected chi connectivity index (χ1v) is 6.28. The van der Waals surface area contributed by atoms with Gasteiger partial charge in [0.15, 0.2) is 0 Å². The third-order valence-electron chi connectivity index (χ3n) is 3.17. The Morgan fingerprint density at radius 2 is 1.48 bits per heavy atom. The molecule has 118 valence electrons. The summed E-state index contributed by atoms with van der Waals surface area (Å²) >= 11 is 0. The second-order valence-corrected chi connectivity index (χ2v) is 5.04. The maximum atomic E-state index is 12.7. The van der Waals surface area contributed by atoms with Crippen molar-refractivity contribution < 1.29 is 31.4 Å². The fourth-order valence-corrected chi connectivity index (χ4v) is 1.85. The molecule has 1 aromatic rings. The van der Waals surface area contributed by atoms with Gasteiger partial charge in [-0.3, -0.25) is 0 Å². The smallest absolute Gasteiger partial charge is 0.387 e. The molecule has 1 aliphatic rings. The molecule has 0 aliphatic heterocycles. The second-order valence-electron chi connectivity index (χ2n) is 5.04. The van der Waals surface area contributed by atoms with Gasteiger partial charge in [0.05, 0.1) is 17.2 Å². The minimum absolute atomic E-state index is 0.0462. The summed E-state index contributed by atoms with van der Waals surface area (Å²) in [5.74, 6) is 0. The van der Waals surface area contributed by atoms with E-state index in [-0.39, 0.29) is 18.7 Å². The first-order valence-electron chi connectivity index (χ1n) is 6.28. The van der Waals surface area contributed by atoms with Gasteiger partial charge < -0.3 is 10.4 Å². The molecule has 1 unspecified atom stereocenters. The Balaban J connectivity index is 2.29. The molecule has 0 bridgehead atoms. The molecule has 21 heavy (non-hydrogen) atoms. The number of aliphatic hydroxyl groups excluding tert-OH is 1. The summed E-state index contributed by atoms with van der Waals surface area (Å²) in [6.45, 7) is -0.0801. The Labute approximate surface area is 116 Å². The van der Waals surface area contributed by atoms with Crippen molar-refractivity contribution in [2.24, 2.45) is 0 Å². The summed E-state index contributed by atoms with van der Waals surface area (Å²) in [5.41, 5.74) is -3.24. The van der Waals surface area contributed by atoms with Gasteiger partial charge in [-0.2, -0.15) is 26.3 Å². The largest absolute Gasteiger partial charge is 0.416 e. The molecule has 1 saturated carbocycles. The highest BCUT2D eigenvalue weighted by Crippen LogP contribution is 2.37. The van der Waals surface area contributed by atoms with E-state index in [9.17, 15) is 31.4 Å². The topological polar surface area (TPSA) is 32.3 Å². The summed E-state index contributed by atoms with van der Waals surface area (Å²) in [6.07, 6.45) is -9.44. The van der Waals surface area contributed by atoms with E-state index in [1.165, 1.54) is 0 Å². The maximum absolute atomic E-state index is 12.7. The quantitative estimate of drug-likeness (QED) is 0.834. The molecule has 2 nitrogen and oxygen atoms in total. The zero-order valence-corrected chi connectivity index (χ0v) is 10.7. The first kappa shape index (κ1) is 16.1. The summed E-state index contributed by atoms with van der Waals surface area (Å²) in [7, 11) is 0. The van der Waals surface area contributed by atoms with E-state index in [1.54, 1.807) is 0 Å². The van der Waals surface area contributed by atoms with Gasteiger partial charge in [0.1, 0.15) is 0 Å². The van der Waals surface area contributed by atoms with Gasteiger partial charge in [0, 0.05) is 12.6 Å². The van der Waals surface area contributed by atoms with Crippen molar-refractivity contribution in [3.05, 3.63) is 34.9 Å². The number of hydrogen-bond acceptors (Lipinski definition) is 2. The Morgan fingerprint density at radius 1 is 1.00 bits per heavy atom. The Morgan fingerprint density at radius 3 is 1.86 bits per heavy atom. The number of hydrogen-bond donors (Lipinski definition) is 2. The molecule has 0 spiro atoms. The van der Waals surface area contributed by atoms with Crippen molar-refractivity contribution in [2.45, 2.75) is 37.3 Å². The van der Waals surface area contributed by atoms with E-state index >= 15 is 0 Å². The van der Waals surface area contributed by atoms with Crippen LogP contribution in [-0.4, -0.2) is 17.7 Å². The first-order chi connectivity index (χ1) is 9.57. The lowest BCUT2D eigenvalue weighted by atomic mass is 10.0. The van der Waals surface area contributed by atoms with Crippen LogP contribution in [0.15, 0.2) is 18.2 Å². The van der Waals surface area contributed by atoms with Gasteiger partial charge in [0.25, 0.3) is 0 Å². The average Bonchev–Trinajstić information content (AvgIpc) is 3.17. The third kappa shape index (κ3) is 4.34. The van der Waals surface area contributed by atoms with Crippen LogP contribution < -0.4 is 5.32 Å². The number of rotatable bonds is 4. The molecule has 0 radical (unpaired) electrons. The number of nitrogens with one attached hydrogen (secondary N) is 1. The minimum atomic E-state index is -4.90. The summed E-state index contributed by atoms with van der Waals surface area (Å²) in [6, 6.07) is 1.33. The van der Waals surface area contributed by atoms with Crippen LogP contribution in [0.1, 0.15) is 35.6 Å². The zero-order chi connectivity index (χ0) is 15.8. The average molecular weight is 313 g/mol. The molecule has 0 saturated heterocycles. The van der Waals surface area contributed by atoms with Crippen molar-refractivity contribution in [2.75, 3.05) is 6.54 Å². The van der Waals surface area contributed by atoms with E-state index in [1.807, 2.05) is 0 Å². The van der Waals surface area contributed by atoms with E-state index in [2.05, 4.69) is 5.32 Å². The van der Waals surface area contributed by atoms with Crippen LogP contribution in [0.25, 0.3) is 0 Å². The van der Waals surface area contributed by atoms with Gasteiger partial charge in [-0.1, -0.05) is 0 Å². The molecule has 2 rings (SSSR count). The van der Waals surface area contributed by atoms with Crippen molar-refractivity contribution in [3.8, 4) is 0 Å². The Hall–Kier alpha value is -1.28. The fraction of sp³-hybridized carbons (Fsp3) is 0.538. The van der Waals surface area contributed by atoms with Crippen LogP contribution in [0, 0.1) is 0 Å². The molecular weight excluding hydrogens is 300 g/mol. The summed E-state index contributed by atoms with van der Waals surface area (Å²) in [5, 5.41) is 12.6. The lowest BCUT2D eigenvalue weighted by molar-refractivity contribution is -0.143. The van der Waals surface area contributed by atoms with Crippen molar-refractivity contribution >= 4 is 0 Å². The normalized spacial score (nSPS) is 17.9. The number of halogens is 6. The molecule has 1 aliphatic carbocycles. The lowest BCUT2D eigenvalue weighted by Crippen LogP contribution is -2.24. The highest BCUT2D eigenvalue weighted by atomic mass is 19.4. The van der Waals surface area contributed by atoms with Gasteiger partial charge in [0.2, 0.25) is 0 Å². The van der Waals surface area contributed by atoms with Crippen molar-refractivity contribution in [3.63, 3.8) is 0 Å². The highest BCUT2D eigenvalue weighted by Gasteiger charge is 2.37. The Bertz CT molecular complexity index is 474. The molecule has 0 amide bonds. The second kappa shape index (κ2) is 5.49. The minimum Gasteiger partial charge on any atom is -0.387 e. The van der Waals surface area contributed by atoms with Crippen molar-refractivity contribution in [1.29, 1.82) is 0 Å². The molecule has 1 aromatic carbocycles. The van der Waals surface area contributed by atoms with Gasteiger partial charge >= 0.3 is 12.4 Å². The SMILES string of the molecule is OC(CNC1CC1)c1cc(C(F)(F)F)cc(C(F)(F)F)c1. The predicted molar refractivity (Wildman–Crippen MR) is 62.4 cm³/mol. The van der Waals surface area contributed by atoms with Crippen LogP contribution >= 0.6 is 0 Å². The molecule has 1 fully saturated rings. The van der Waals surface area contributed by atoms with Crippen molar-refractivity contribution in [1.82, 2.24) is 5.32 Å². The van der Waals surface area contributed by atoms with Crippen LogP contribution in [0.5, 0.6) is 0 Å². The number of alkyl halides is 6. The Kier molecular flexibility index (Phi) is 4.21. The summed E-state index contributed by atoms with van der Waals surface area (Å²) < 4.78 is 76.0. The highest BCUT2D eigenvalue weighted by molar-refractivity contribution is 5.34. The maximum Gasteiger partial charge on any atom is 0.416 e. The standard InChI is InChI=1S/C13H13F6NO/c14-12(15,16)8-3-7(4-9(5-8)13(17,18)19)11(21)6-20-10-1-2-10/h3-5,10-11,20-21H,1-2,6H2. The summed E-state index contributed by atoms with van der Waals surface area (Å²) in [4.78, 5) is 0. The van der Waals surface area contributed by atoms with Gasteiger partial charge in [-0.15, -0.1) is 0 Å². The molecule has 0 aromatic heterocycles. The molecule has 8 heteroatoms. The van der Waals surface area contributed by atoms with E-state index in [4.69, 9.17) is 0 Å².